The molecule has 0 fully saturated rings. The first kappa shape index (κ1) is 26.7. The Morgan fingerprint density at radius 2 is 1.92 bits per heavy atom. The Morgan fingerprint density at radius 1 is 1.16 bits per heavy atom. The van der Waals surface area contributed by atoms with Crippen LogP contribution in [0.2, 0.25) is 25.7 Å². The van der Waals surface area contributed by atoms with Gasteiger partial charge in [0.15, 0.2) is 0 Å². The number of alkyl halides is 3. The molecule has 2 aromatic heterocycles. The van der Waals surface area contributed by atoms with Crippen LogP contribution in [0.3, 0.4) is 0 Å². The van der Waals surface area contributed by atoms with Crippen molar-refractivity contribution in [2.45, 2.75) is 51.2 Å². The van der Waals surface area contributed by atoms with E-state index >= 15 is 0 Å². The number of hydrogen-bond donors (Lipinski definition) is 1. The van der Waals surface area contributed by atoms with Gasteiger partial charge in [-0.2, -0.15) is 18.3 Å². The van der Waals surface area contributed by atoms with Gasteiger partial charge in [-0.05, 0) is 17.2 Å². The van der Waals surface area contributed by atoms with Crippen LogP contribution in [0, 0.1) is 0 Å². The van der Waals surface area contributed by atoms with Crippen molar-refractivity contribution in [1.82, 2.24) is 14.8 Å². The summed E-state index contributed by atoms with van der Waals surface area (Å²) in [4.78, 5) is 18.5. The molecule has 12 heteroatoms. The molecule has 37 heavy (non-hydrogen) atoms. The Labute approximate surface area is 213 Å². The molecule has 2 N–H and O–H groups in total. The quantitative estimate of drug-likeness (QED) is 0.315. The second-order valence-electron chi connectivity index (χ2n) is 10.2. The summed E-state index contributed by atoms with van der Waals surface area (Å²) in [5, 5.41) is 4.04. The van der Waals surface area contributed by atoms with Gasteiger partial charge in [0.1, 0.15) is 24.7 Å². The fourth-order valence-corrected chi connectivity index (χ4v) is 4.93. The van der Waals surface area contributed by atoms with Crippen LogP contribution >= 0.6 is 0 Å². The number of aromatic nitrogens is 3. The van der Waals surface area contributed by atoms with Gasteiger partial charge in [0, 0.05) is 27.3 Å². The largest absolute Gasteiger partial charge is 0.489 e. The number of nitrogen functional groups attached to an aromatic ring is 1. The predicted octanol–water partition coefficient (Wildman–Crippen LogP) is 4.69. The second kappa shape index (κ2) is 10.5. The zero-order valence-corrected chi connectivity index (χ0v) is 22.0. The van der Waals surface area contributed by atoms with E-state index in [1.54, 1.807) is 6.07 Å². The maximum Gasteiger partial charge on any atom is 0.423 e. The molecular weight excluding hydrogens is 503 g/mol. The molecule has 0 saturated heterocycles. The molecule has 1 aromatic carbocycles. The normalized spacial score (nSPS) is 15.6. The molecule has 3 aromatic rings. The predicted molar refractivity (Wildman–Crippen MR) is 137 cm³/mol. The minimum absolute atomic E-state index is 0.0162. The van der Waals surface area contributed by atoms with Crippen molar-refractivity contribution in [1.29, 1.82) is 0 Å². The number of fused-ring (bicyclic) bond motifs is 1. The molecule has 1 aliphatic rings. The summed E-state index contributed by atoms with van der Waals surface area (Å²) in [5.74, 6) is 0.393. The smallest absolute Gasteiger partial charge is 0.423 e. The van der Waals surface area contributed by atoms with Crippen LogP contribution in [-0.2, 0) is 24.2 Å². The summed E-state index contributed by atoms with van der Waals surface area (Å²) in [6.07, 6.45) is -0.858. The lowest BCUT2D eigenvalue weighted by Crippen LogP contribution is -2.36. The fraction of sp³-hybridized carbons (Fsp3) is 0.400. The summed E-state index contributed by atoms with van der Waals surface area (Å²) in [6, 6.07) is 9.14. The van der Waals surface area contributed by atoms with Crippen molar-refractivity contribution in [2.75, 3.05) is 23.8 Å². The van der Waals surface area contributed by atoms with E-state index in [9.17, 15) is 18.0 Å². The van der Waals surface area contributed by atoms with Crippen LogP contribution in [0.4, 0.5) is 24.5 Å². The van der Waals surface area contributed by atoms with E-state index in [0.717, 1.165) is 28.0 Å². The molecule has 3 heterocycles. The topological polar surface area (TPSA) is 95.5 Å². The van der Waals surface area contributed by atoms with E-state index < -0.39 is 31.4 Å². The first-order chi connectivity index (χ1) is 17.4. The van der Waals surface area contributed by atoms with Crippen LogP contribution in [0.15, 0.2) is 53.7 Å². The lowest BCUT2D eigenvalue weighted by molar-refractivity contribution is -0.138. The van der Waals surface area contributed by atoms with Crippen molar-refractivity contribution >= 4 is 19.4 Å². The highest BCUT2D eigenvalue weighted by Crippen LogP contribution is 2.42. The van der Waals surface area contributed by atoms with Gasteiger partial charge in [-0.15, -0.1) is 0 Å². The van der Waals surface area contributed by atoms with Gasteiger partial charge < -0.3 is 20.1 Å². The van der Waals surface area contributed by atoms with Crippen LogP contribution in [0.5, 0.6) is 5.75 Å². The van der Waals surface area contributed by atoms with Crippen LogP contribution in [0.1, 0.15) is 22.7 Å². The van der Waals surface area contributed by atoms with E-state index in [1.807, 2.05) is 24.3 Å². The van der Waals surface area contributed by atoms with Gasteiger partial charge >= 0.3 is 6.18 Å². The van der Waals surface area contributed by atoms with Crippen molar-refractivity contribution in [3.8, 4) is 5.75 Å². The number of nitrogens with two attached hydrogens (primary N) is 1. The average Bonchev–Trinajstić information content (AvgIpc) is 3.18. The summed E-state index contributed by atoms with van der Waals surface area (Å²) in [5.41, 5.74) is 5.01. The van der Waals surface area contributed by atoms with Crippen LogP contribution in [-0.4, -0.2) is 36.1 Å². The van der Waals surface area contributed by atoms with Gasteiger partial charge in [-0.25, -0.2) is 4.68 Å². The summed E-state index contributed by atoms with van der Waals surface area (Å²) < 4.78 is 54.9. The van der Waals surface area contributed by atoms with Gasteiger partial charge in [-0.3, -0.25) is 9.78 Å². The number of pyridine rings is 1. The highest BCUT2D eigenvalue weighted by molar-refractivity contribution is 6.76. The SMILES string of the molecule is C[Si](C)(C)CCOCn1ncc(N2Cc3ccccc3C2COc2cncc(N)c2)c(C(F)(F)F)c1=O. The molecule has 4 rings (SSSR count). The number of rotatable bonds is 9. The zero-order chi connectivity index (χ0) is 26.8. The highest BCUT2D eigenvalue weighted by atomic mass is 28.3. The van der Waals surface area contributed by atoms with Gasteiger partial charge in [0.05, 0.1) is 36.0 Å². The molecule has 0 amide bonds. The Balaban J connectivity index is 1.65. The maximum atomic E-state index is 14.3. The molecule has 0 aliphatic carbocycles. The monoisotopic (exact) mass is 533 g/mol. The molecule has 0 spiro atoms. The maximum absolute atomic E-state index is 14.3. The Kier molecular flexibility index (Phi) is 7.60. The molecule has 1 atom stereocenters. The third-order valence-electron chi connectivity index (χ3n) is 6.10. The Morgan fingerprint density at radius 3 is 2.62 bits per heavy atom. The minimum Gasteiger partial charge on any atom is -0.489 e. The van der Waals surface area contributed by atoms with Crippen molar-refractivity contribution < 1.29 is 22.6 Å². The fourth-order valence-electron chi connectivity index (χ4n) is 4.17. The highest BCUT2D eigenvalue weighted by Gasteiger charge is 2.42. The second-order valence-corrected chi connectivity index (χ2v) is 15.8. The number of anilines is 2. The Bertz CT molecular complexity index is 1310. The number of hydrogen-bond acceptors (Lipinski definition) is 7. The third-order valence-corrected chi connectivity index (χ3v) is 7.80. The zero-order valence-electron chi connectivity index (χ0n) is 21.0. The molecule has 1 aliphatic heterocycles. The molecular formula is C25H30F3N5O3Si. The molecule has 0 bridgehead atoms. The lowest BCUT2D eigenvalue weighted by atomic mass is 10.1. The van der Waals surface area contributed by atoms with Crippen molar-refractivity contribution in [2.24, 2.45) is 0 Å². The van der Waals surface area contributed by atoms with Crippen LogP contribution in [0.25, 0.3) is 0 Å². The number of halogens is 3. The standard InChI is InChI=1S/C25H30F3N5O3Si/c1-37(2,3)9-8-35-16-33-24(34)23(25(26,27)28)21(13-31-33)32-14-17-6-4-5-7-20(17)22(32)15-36-19-10-18(29)11-30-12-19/h4-7,10-13,22H,8-9,14-16,29H2,1-3H3. The molecule has 1 unspecified atom stereocenters. The number of benzene rings is 1. The summed E-state index contributed by atoms with van der Waals surface area (Å²) >= 11 is 0. The van der Waals surface area contributed by atoms with E-state index in [-0.39, 0.29) is 25.6 Å². The molecule has 8 nitrogen and oxygen atoms in total. The number of ether oxygens (including phenoxy) is 2. The van der Waals surface area contributed by atoms with Gasteiger partial charge in [0.25, 0.3) is 5.56 Å². The first-order valence-corrected chi connectivity index (χ1v) is 15.6. The minimum atomic E-state index is -4.90. The molecule has 0 radical (unpaired) electrons. The van der Waals surface area contributed by atoms with Crippen molar-refractivity contribution in [3.05, 3.63) is 76.0 Å². The van der Waals surface area contributed by atoms with E-state index in [2.05, 4.69) is 29.7 Å². The lowest BCUT2D eigenvalue weighted by Gasteiger charge is -2.29. The summed E-state index contributed by atoms with van der Waals surface area (Å²) in [6.45, 7) is 6.68. The first-order valence-electron chi connectivity index (χ1n) is 11.9. The number of nitrogens with zero attached hydrogens (tertiary/aromatic N) is 4. The van der Waals surface area contributed by atoms with E-state index in [4.69, 9.17) is 15.2 Å². The van der Waals surface area contributed by atoms with E-state index in [0.29, 0.717) is 18.0 Å². The van der Waals surface area contributed by atoms with Crippen molar-refractivity contribution in [3.63, 3.8) is 0 Å². The molecule has 198 valence electrons. The van der Waals surface area contributed by atoms with Gasteiger partial charge in [0.2, 0.25) is 0 Å². The molecule has 0 saturated carbocycles. The average molecular weight is 534 g/mol. The van der Waals surface area contributed by atoms with E-state index in [1.165, 1.54) is 17.3 Å². The summed E-state index contributed by atoms with van der Waals surface area (Å²) in [7, 11) is -1.39. The Hall–Kier alpha value is -3.38. The van der Waals surface area contributed by atoms with Crippen LogP contribution < -0.4 is 20.9 Å². The third kappa shape index (κ3) is 6.31. The van der Waals surface area contributed by atoms with Gasteiger partial charge in [-0.1, -0.05) is 43.9 Å².